The largest absolute Gasteiger partial charge is 0.340 e. The molecule has 0 spiro atoms. The van der Waals surface area contributed by atoms with Gasteiger partial charge in [0.1, 0.15) is 0 Å². The second-order valence-electron chi connectivity index (χ2n) is 5.79. The maximum atomic E-state index is 12.4. The molecule has 2 aliphatic rings. The number of hydrogen-bond donors (Lipinski definition) is 0. The lowest BCUT2D eigenvalue weighted by Crippen LogP contribution is -2.47. The zero-order valence-corrected chi connectivity index (χ0v) is 13.6. The average Bonchev–Trinajstić information content (AvgIpc) is 2.74. The monoisotopic (exact) mass is 353 g/mol. The van der Waals surface area contributed by atoms with Crippen LogP contribution >= 0.6 is 0 Å². The molecule has 2 aliphatic heterocycles. The fraction of sp³-hybridized carbons (Fsp3) is 0.846. The zero-order valence-electron chi connectivity index (χ0n) is 12.8. The van der Waals surface area contributed by atoms with Crippen LogP contribution in [0.4, 0.5) is 8.78 Å². The van der Waals surface area contributed by atoms with Gasteiger partial charge in [-0.1, -0.05) is 0 Å². The Hall–Kier alpha value is -1.29. The van der Waals surface area contributed by atoms with Gasteiger partial charge in [-0.3, -0.25) is 14.5 Å². The average molecular weight is 353 g/mol. The highest BCUT2D eigenvalue weighted by atomic mass is 32.2. The molecular formula is C13H21F2N3O4S. The molecule has 10 heteroatoms. The Kier molecular flexibility index (Phi) is 5.90. The van der Waals surface area contributed by atoms with Crippen LogP contribution < -0.4 is 0 Å². The first-order valence-corrected chi connectivity index (χ1v) is 9.38. The normalized spacial score (nSPS) is 22.9. The van der Waals surface area contributed by atoms with Crippen LogP contribution in [0.2, 0.25) is 0 Å². The van der Waals surface area contributed by atoms with Gasteiger partial charge in [0.05, 0.1) is 18.1 Å². The van der Waals surface area contributed by atoms with Crippen LogP contribution in [0.25, 0.3) is 0 Å². The van der Waals surface area contributed by atoms with E-state index in [1.807, 2.05) is 0 Å². The van der Waals surface area contributed by atoms with Crippen molar-refractivity contribution < 1.29 is 26.8 Å². The zero-order chi connectivity index (χ0) is 17.0. The smallest absolute Gasteiger partial charge is 0.315 e. The standard InChI is InChI=1S/C13H21F2N3O4S/c14-12(15)13(20)18-3-1-2-17(4-5-18)11(19)10-16-6-8-23(21,22)9-7-16/h12H,1-10H2. The molecule has 0 aromatic carbocycles. The lowest BCUT2D eigenvalue weighted by atomic mass is 10.3. The molecule has 0 aliphatic carbocycles. The third kappa shape index (κ3) is 5.10. The number of rotatable bonds is 3. The highest BCUT2D eigenvalue weighted by Gasteiger charge is 2.28. The number of nitrogens with zero attached hydrogens (tertiary/aromatic N) is 3. The van der Waals surface area contributed by atoms with Crippen molar-refractivity contribution >= 4 is 21.7 Å². The van der Waals surface area contributed by atoms with Gasteiger partial charge in [0, 0.05) is 39.3 Å². The van der Waals surface area contributed by atoms with Crippen LogP contribution in [0.3, 0.4) is 0 Å². The second-order valence-corrected chi connectivity index (χ2v) is 8.09. The molecule has 0 aromatic heterocycles. The highest BCUT2D eigenvalue weighted by Crippen LogP contribution is 2.09. The Bertz CT molecular complexity index is 541. The van der Waals surface area contributed by atoms with E-state index in [1.54, 1.807) is 9.80 Å². The van der Waals surface area contributed by atoms with Crippen molar-refractivity contribution in [3.05, 3.63) is 0 Å². The number of amides is 2. The summed E-state index contributed by atoms with van der Waals surface area (Å²) in [5.74, 6) is -1.25. The van der Waals surface area contributed by atoms with Crippen LogP contribution in [0.15, 0.2) is 0 Å². The molecule has 2 fully saturated rings. The summed E-state index contributed by atoms with van der Waals surface area (Å²) in [4.78, 5) is 28.0. The Morgan fingerprint density at radius 3 is 2.09 bits per heavy atom. The highest BCUT2D eigenvalue weighted by molar-refractivity contribution is 7.91. The topological polar surface area (TPSA) is 78.0 Å². The quantitative estimate of drug-likeness (QED) is 0.653. The Labute approximate surface area is 134 Å². The van der Waals surface area contributed by atoms with Crippen molar-refractivity contribution in [3.8, 4) is 0 Å². The van der Waals surface area contributed by atoms with Crippen LogP contribution in [-0.4, -0.2) is 98.7 Å². The molecule has 0 radical (unpaired) electrons. The van der Waals surface area contributed by atoms with Crippen molar-refractivity contribution in [2.45, 2.75) is 12.8 Å². The Morgan fingerprint density at radius 1 is 0.913 bits per heavy atom. The van der Waals surface area contributed by atoms with Crippen molar-refractivity contribution in [1.82, 2.24) is 14.7 Å². The van der Waals surface area contributed by atoms with E-state index < -0.39 is 22.2 Å². The summed E-state index contributed by atoms with van der Waals surface area (Å²) in [5, 5.41) is 0. The molecule has 2 heterocycles. The number of carbonyl (C=O) groups is 2. The van der Waals surface area contributed by atoms with E-state index >= 15 is 0 Å². The SMILES string of the molecule is O=C(CN1CCS(=O)(=O)CC1)N1CCCN(C(=O)C(F)F)CC1. The summed E-state index contributed by atoms with van der Waals surface area (Å²) in [6.45, 7) is 1.74. The molecule has 2 saturated heterocycles. The van der Waals surface area contributed by atoms with Gasteiger partial charge in [-0.15, -0.1) is 0 Å². The lowest BCUT2D eigenvalue weighted by Gasteiger charge is -2.29. The van der Waals surface area contributed by atoms with Gasteiger partial charge in [-0.05, 0) is 6.42 Å². The number of hydrogen-bond acceptors (Lipinski definition) is 5. The molecule has 0 aromatic rings. The van der Waals surface area contributed by atoms with Gasteiger partial charge in [-0.25, -0.2) is 8.42 Å². The van der Waals surface area contributed by atoms with E-state index in [0.717, 1.165) is 4.90 Å². The first-order chi connectivity index (χ1) is 10.8. The first-order valence-electron chi connectivity index (χ1n) is 7.56. The van der Waals surface area contributed by atoms with Gasteiger partial charge >= 0.3 is 6.43 Å². The summed E-state index contributed by atoms with van der Waals surface area (Å²) >= 11 is 0. The Balaban J connectivity index is 1.83. The first kappa shape index (κ1) is 18.1. The minimum Gasteiger partial charge on any atom is -0.340 e. The molecule has 2 amide bonds. The number of carbonyl (C=O) groups excluding carboxylic acids is 2. The number of alkyl halides is 2. The fourth-order valence-electron chi connectivity index (χ4n) is 2.72. The predicted molar refractivity (Wildman–Crippen MR) is 78.9 cm³/mol. The third-order valence-electron chi connectivity index (χ3n) is 4.14. The molecule has 0 unspecified atom stereocenters. The second kappa shape index (κ2) is 7.52. The molecule has 2 rings (SSSR count). The maximum absolute atomic E-state index is 12.4. The van der Waals surface area contributed by atoms with Crippen molar-refractivity contribution in [2.24, 2.45) is 0 Å². The van der Waals surface area contributed by atoms with Crippen molar-refractivity contribution in [1.29, 1.82) is 0 Å². The molecule has 132 valence electrons. The third-order valence-corrected chi connectivity index (χ3v) is 5.75. The van der Waals surface area contributed by atoms with Gasteiger partial charge in [0.15, 0.2) is 9.84 Å². The van der Waals surface area contributed by atoms with E-state index in [9.17, 15) is 26.8 Å². The van der Waals surface area contributed by atoms with Crippen LogP contribution in [0.5, 0.6) is 0 Å². The molecule has 0 atom stereocenters. The molecule has 0 N–H and O–H groups in total. The number of halogens is 2. The van der Waals surface area contributed by atoms with Crippen molar-refractivity contribution in [2.75, 3.05) is 57.3 Å². The van der Waals surface area contributed by atoms with Crippen LogP contribution in [0, 0.1) is 0 Å². The maximum Gasteiger partial charge on any atom is 0.315 e. The summed E-state index contributed by atoms with van der Waals surface area (Å²) < 4.78 is 47.6. The van der Waals surface area contributed by atoms with Crippen LogP contribution in [0.1, 0.15) is 6.42 Å². The summed E-state index contributed by atoms with van der Waals surface area (Å²) in [6.07, 6.45) is -2.56. The summed E-state index contributed by atoms with van der Waals surface area (Å²) in [5.41, 5.74) is 0. The molecular weight excluding hydrogens is 332 g/mol. The van der Waals surface area contributed by atoms with Gasteiger partial charge in [-0.2, -0.15) is 8.78 Å². The summed E-state index contributed by atoms with van der Waals surface area (Å²) in [7, 11) is -2.99. The predicted octanol–water partition coefficient (Wildman–Crippen LogP) is -0.957. The molecule has 23 heavy (non-hydrogen) atoms. The van der Waals surface area contributed by atoms with E-state index in [-0.39, 0.29) is 43.6 Å². The van der Waals surface area contributed by atoms with E-state index in [2.05, 4.69) is 0 Å². The van der Waals surface area contributed by atoms with Crippen molar-refractivity contribution in [3.63, 3.8) is 0 Å². The lowest BCUT2D eigenvalue weighted by molar-refractivity contribution is -0.143. The fourth-order valence-corrected chi connectivity index (χ4v) is 4.00. The van der Waals surface area contributed by atoms with Gasteiger partial charge in [0.25, 0.3) is 5.91 Å². The minimum absolute atomic E-state index is 0.0525. The van der Waals surface area contributed by atoms with Gasteiger partial charge < -0.3 is 9.80 Å². The van der Waals surface area contributed by atoms with E-state index in [0.29, 0.717) is 26.1 Å². The molecule has 0 bridgehead atoms. The molecule has 7 nitrogen and oxygen atoms in total. The summed E-state index contributed by atoms with van der Waals surface area (Å²) in [6, 6.07) is 0. The van der Waals surface area contributed by atoms with E-state index in [4.69, 9.17) is 0 Å². The Morgan fingerprint density at radius 2 is 1.48 bits per heavy atom. The van der Waals surface area contributed by atoms with Crippen LogP contribution in [-0.2, 0) is 19.4 Å². The van der Waals surface area contributed by atoms with E-state index in [1.165, 1.54) is 0 Å². The number of sulfone groups is 1. The molecule has 0 saturated carbocycles. The van der Waals surface area contributed by atoms with Gasteiger partial charge in [0.2, 0.25) is 5.91 Å². The minimum atomic E-state index is -3.02.